The topological polar surface area (TPSA) is 86.8 Å². The quantitative estimate of drug-likeness (QED) is 0.375. The van der Waals surface area contributed by atoms with Gasteiger partial charge in [-0.2, -0.15) is 0 Å². The van der Waals surface area contributed by atoms with Crippen LogP contribution in [-0.2, 0) is 26.2 Å². The molecule has 0 aromatic heterocycles. The minimum atomic E-state index is -3.83. The molecule has 0 spiro atoms. The molecule has 198 valence electrons. The number of hydrogen-bond acceptors (Lipinski definition) is 4. The highest BCUT2D eigenvalue weighted by molar-refractivity contribution is 7.92. The lowest BCUT2D eigenvalue weighted by Crippen LogP contribution is -2.52. The van der Waals surface area contributed by atoms with E-state index in [-0.39, 0.29) is 18.4 Å². The Hall–Kier alpha value is -3.10. The largest absolute Gasteiger partial charge is 0.354 e. The predicted molar refractivity (Wildman–Crippen MR) is 150 cm³/mol. The van der Waals surface area contributed by atoms with Gasteiger partial charge in [-0.25, -0.2) is 8.42 Å². The molecule has 0 radical (unpaired) electrons. The van der Waals surface area contributed by atoms with Gasteiger partial charge in [0.25, 0.3) is 0 Å². The zero-order valence-electron chi connectivity index (χ0n) is 21.6. The summed E-state index contributed by atoms with van der Waals surface area (Å²) in [5, 5.41) is 4.94. The number of nitrogens with zero attached hydrogens (tertiary/aromatic N) is 2. The SMILES string of the molecule is CCC(C(=O)NCC(C)C)N(Cc1ccccc1Cl)C(=O)CN(c1cccc2ccccc12)S(C)(=O)=O. The standard InChI is InChI=1S/C28H34ClN3O4S/c1-5-25(28(34)30-17-20(2)3)31(18-22-12-7-9-15-24(22)29)27(33)19-32(37(4,35)36)26-16-10-13-21-11-6-8-14-23(21)26/h6-16,20,25H,5,17-19H2,1-4H3,(H,30,34). The van der Waals surface area contributed by atoms with Crippen LogP contribution in [0.2, 0.25) is 5.02 Å². The van der Waals surface area contributed by atoms with Gasteiger partial charge in [-0.15, -0.1) is 0 Å². The molecule has 3 rings (SSSR count). The third-order valence-electron chi connectivity index (χ3n) is 6.08. The number of nitrogens with one attached hydrogen (secondary N) is 1. The second-order valence-corrected chi connectivity index (χ2v) is 11.8. The summed E-state index contributed by atoms with van der Waals surface area (Å²) in [4.78, 5) is 28.5. The molecule has 3 aromatic rings. The smallest absolute Gasteiger partial charge is 0.244 e. The lowest BCUT2D eigenvalue weighted by molar-refractivity contribution is -0.140. The fraction of sp³-hybridized carbons (Fsp3) is 0.357. The van der Waals surface area contributed by atoms with Gasteiger partial charge in [-0.3, -0.25) is 13.9 Å². The van der Waals surface area contributed by atoms with Crippen LogP contribution < -0.4 is 9.62 Å². The van der Waals surface area contributed by atoms with E-state index in [2.05, 4.69) is 5.32 Å². The number of anilines is 1. The molecule has 0 aliphatic carbocycles. The van der Waals surface area contributed by atoms with E-state index in [0.29, 0.717) is 34.6 Å². The highest BCUT2D eigenvalue weighted by Gasteiger charge is 2.32. The van der Waals surface area contributed by atoms with Crippen molar-refractivity contribution < 1.29 is 18.0 Å². The van der Waals surface area contributed by atoms with Crippen molar-refractivity contribution in [3.63, 3.8) is 0 Å². The van der Waals surface area contributed by atoms with Crippen LogP contribution in [0.1, 0.15) is 32.8 Å². The molecule has 1 N–H and O–H groups in total. The number of carbonyl (C=O) groups excluding carboxylic acids is 2. The molecule has 0 heterocycles. The van der Waals surface area contributed by atoms with Gasteiger partial charge in [0.15, 0.2) is 0 Å². The second kappa shape index (κ2) is 12.4. The minimum Gasteiger partial charge on any atom is -0.354 e. The maximum Gasteiger partial charge on any atom is 0.244 e. The molecule has 9 heteroatoms. The summed E-state index contributed by atoms with van der Waals surface area (Å²) >= 11 is 6.40. The third-order valence-corrected chi connectivity index (χ3v) is 7.58. The average Bonchev–Trinajstić information content (AvgIpc) is 2.86. The van der Waals surface area contributed by atoms with Gasteiger partial charge >= 0.3 is 0 Å². The van der Waals surface area contributed by atoms with E-state index in [4.69, 9.17) is 11.6 Å². The fourth-order valence-corrected chi connectivity index (χ4v) is 5.23. The summed E-state index contributed by atoms with van der Waals surface area (Å²) in [7, 11) is -3.83. The number of carbonyl (C=O) groups is 2. The van der Waals surface area contributed by atoms with Gasteiger partial charge in [0.2, 0.25) is 21.8 Å². The van der Waals surface area contributed by atoms with E-state index in [0.717, 1.165) is 15.9 Å². The highest BCUT2D eigenvalue weighted by Crippen LogP contribution is 2.29. The minimum absolute atomic E-state index is 0.0687. The van der Waals surface area contributed by atoms with Gasteiger partial charge < -0.3 is 10.2 Å². The lowest BCUT2D eigenvalue weighted by Gasteiger charge is -2.33. The van der Waals surface area contributed by atoms with Crippen LogP contribution >= 0.6 is 11.6 Å². The Balaban J connectivity index is 2.02. The molecule has 0 saturated carbocycles. The van der Waals surface area contributed by atoms with E-state index in [1.165, 1.54) is 4.90 Å². The Labute approximate surface area is 224 Å². The van der Waals surface area contributed by atoms with Crippen molar-refractivity contribution in [2.24, 2.45) is 5.92 Å². The zero-order chi connectivity index (χ0) is 27.2. The van der Waals surface area contributed by atoms with Crippen LogP contribution in [0, 0.1) is 5.92 Å². The van der Waals surface area contributed by atoms with Gasteiger partial charge in [-0.1, -0.05) is 87.0 Å². The van der Waals surface area contributed by atoms with Crippen molar-refractivity contribution >= 4 is 49.9 Å². The summed E-state index contributed by atoms with van der Waals surface area (Å²) in [6, 6.07) is 19.0. The van der Waals surface area contributed by atoms with E-state index in [9.17, 15) is 18.0 Å². The Morgan fingerprint density at radius 3 is 2.27 bits per heavy atom. The van der Waals surface area contributed by atoms with Crippen molar-refractivity contribution in [2.45, 2.75) is 39.8 Å². The number of fused-ring (bicyclic) bond motifs is 1. The number of halogens is 1. The monoisotopic (exact) mass is 543 g/mol. The third kappa shape index (κ3) is 7.23. The van der Waals surface area contributed by atoms with Crippen molar-refractivity contribution in [2.75, 3.05) is 23.7 Å². The zero-order valence-corrected chi connectivity index (χ0v) is 23.2. The van der Waals surface area contributed by atoms with Crippen LogP contribution in [0.3, 0.4) is 0 Å². The first-order valence-electron chi connectivity index (χ1n) is 12.3. The first-order chi connectivity index (χ1) is 17.5. The Morgan fingerprint density at radius 2 is 1.62 bits per heavy atom. The summed E-state index contributed by atoms with van der Waals surface area (Å²) in [5.74, 6) is -0.543. The molecule has 7 nitrogen and oxygen atoms in total. The van der Waals surface area contributed by atoms with Crippen molar-refractivity contribution in [3.8, 4) is 0 Å². The van der Waals surface area contributed by atoms with Gasteiger partial charge in [0.05, 0.1) is 11.9 Å². The van der Waals surface area contributed by atoms with Gasteiger partial charge in [-0.05, 0) is 35.4 Å². The molecule has 37 heavy (non-hydrogen) atoms. The molecule has 1 atom stereocenters. The Kier molecular flexibility index (Phi) is 9.56. The fourth-order valence-electron chi connectivity index (χ4n) is 4.17. The summed E-state index contributed by atoms with van der Waals surface area (Å²) in [6.07, 6.45) is 1.43. The van der Waals surface area contributed by atoms with Crippen LogP contribution in [0.25, 0.3) is 10.8 Å². The molecular weight excluding hydrogens is 510 g/mol. The summed E-state index contributed by atoms with van der Waals surface area (Å²) < 4.78 is 27.0. The van der Waals surface area contributed by atoms with Gasteiger partial charge in [0.1, 0.15) is 12.6 Å². The first-order valence-corrected chi connectivity index (χ1v) is 14.5. The molecule has 3 aromatic carbocycles. The van der Waals surface area contributed by atoms with Crippen LogP contribution in [0.15, 0.2) is 66.7 Å². The van der Waals surface area contributed by atoms with E-state index >= 15 is 0 Å². The number of sulfonamides is 1. The van der Waals surface area contributed by atoms with Crippen LogP contribution in [0.4, 0.5) is 5.69 Å². The molecule has 0 aliphatic rings. The molecule has 0 saturated heterocycles. The van der Waals surface area contributed by atoms with E-state index < -0.39 is 28.5 Å². The normalized spacial score (nSPS) is 12.4. The van der Waals surface area contributed by atoms with E-state index in [1.54, 1.807) is 30.3 Å². The van der Waals surface area contributed by atoms with E-state index in [1.807, 2.05) is 57.2 Å². The number of benzene rings is 3. The van der Waals surface area contributed by atoms with Gasteiger partial charge in [0, 0.05) is 23.5 Å². The average molecular weight is 544 g/mol. The lowest BCUT2D eigenvalue weighted by atomic mass is 10.1. The maximum absolute atomic E-state index is 13.9. The maximum atomic E-state index is 13.9. The predicted octanol–water partition coefficient (Wildman–Crippen LogP) is 4.84. The molecule has 0 fully saturated rings. The summed E-state index contributed by atoms with van der Waals surface area (Å²) in [5.41, 5.74) is 1.08. The van der Waals surface area contributed by atoms with Crippen molar-refractivity contribution in [1.29, 1.82) is 0 Å². The molecule has 0 bridgehead atoms. The Bertz CT molecular complexity index is 1360. The molecule has 0 aliphatic heterocycles. The molecule has 2 amide bonds. The highest BCUT2D eigenvalue weighted by atomic mass is 35.5. The number of rotatable bonds is 11. The second-order valence-electron chi connectivity index (χ2n) is 9.44. The molecular formula is C28H34ClN3O4S. The van der Waals surface area contributed by atoms with Crippen molar-refractivity contribution in [3.05, 3.63) is 77.3 Å². The van der Waals surface area contributed by atoms with Crippen LogP contribution in [0.5, 0.6) is 0 Å². The first kappa shape index (κ1) is 28.5. The van der Waals surface area contributed by atoms with Crippen LogP contribution in [-0.4, -0.2) is 50.5 Å². The number of amides is 2. The molecule has 1 unspecified atom stereocenters. The number of hydrogen-bond donors (Lipinski definition) is 1. The van der Waals surface area contributed by atoms with Crippen molar-refractivity contribution in [1.82, 2.24) is 10.2 Å². The Morgan fingerprint density at radius 1 is 0.973 bits per heavy atom. The summed E-state index contributed by atoms with van der Waals surface area (Å²) in [6.45, 7) is 5.88.